The first-order valence-electron chi connectivity index (χ1n) is 3.77. The van der Waals surface area contributed by atoms with Crippen molar-refractivity contribution in [1.29, 1.82) is 0 Å². The summed E-state index contributed by atoms with van der Waals surface area (Å²) in [5, 5.41) is 4.07. The molecule has 3 nitrogen and oxygen atoms in total. The van der Waals surface area contributed by atoms with Crippen molar-refractivity contribution in [1.82, 2.24) is 9.78 Å². The first-order chi connectivity index (χ1) is 5.26. The van der Waals surface area contributed by atoms with E-state index in [2.05, 4.69) is 5.10 Å². The molecule has 0 atom stereocenters. The summed E-state index contributed by atoms with van der Waals surface area (Å²) in [6.45, 7) is 1.63. The highest BCUT2D eigenvalue weighted by Crippen LogP contribution is 2.43. The van der Waals surface area contributed by atoms with Crippen molar-refractivity contribution >= 4 is 5.78 Å². The molecule has 0 aliphatic heterocycles. The molecule has 0 N–H and O–H groups in total. The largest absolute Gasteiger partial charge is 0.297 e. The molecule has 1 heterocycles. The van der Waals surface area contributed by atoms with E-state index in [-0.39, 0.29) is 11.3 Å². The minimum absolute atomic E-state index is 0.223. The molecule has 0 amide bonds. The van der Waals surface area contributed by atoms with Gasteiger partial charge in [-0.3, -0.25) is 9.48 Å². The van der Waals surface area contributed by atoms with Crippen LogP contribution in [-0.4, -0.2) is 15.6 Å². The zero-order valence-corrected chi connectivity index (χ0v) is 6.45. The van der Waals surface area contributed by atoms with Gasteiger partial charge in [0, 0.05) is 12.4 Å². The van der Waals surface area contributed by atoms with Crippen molar-refractivity contribution in [3.8, 4) is 0 Å². The molecule has 0 spiro atoms. The van der Waals surface area contributed by atoms with E-state index in [1.165, 1.54) is 0 Å². The number of Topliss-reactive ketones (excluding diaryl/α,β-unsaturated/α-hetero) is 1. The van der Waals surface area contributed by atoms with Crippen LogP contribution in [0.3, 0.4) is 0 Å². The Bertz CT molecular complexity index is 272. The number of rotatable bonds is 2. The van der Waals surface area contributed by atoms with Gasteiger partial charge >= 0.3 is 0 Å². The zero-order valence-electron chi connectivity index (χ0n) is 6.45. The first-order valence-corrected chi connectivity index (χ1v) is 3.77. The summed E-state index contributed by atoms with van der Waals surface area (Å²) in [5.41, 5.74) is -0.260. The van der Waals surface area contributed by atoms with Crippen molar-refractivity contribution in [2.75, 3.05) is 0 Å². The van der Waals surface area contributed by atoms with Gasteiger partial charge in [0.05, 0.1) is 0 Å². The number of ketones is 1. The monoisotopic (exact) mass is 150 g/mol. The summed E-state index contributed by atoms with van der Waals surface area (Å²) in [4.78, 5) is 11.2. The van der Waals surface area contributed by atoms with Gasteiger partial charge in [0.25, 0.3) is 0 Å². The molecule has 1 aliphatic carbocycles. The van der Waals surface area contributed by atoms with Crippen molar-refractivity contribution in [3.63, 3.8) is 0 Å². The van der Waals surface area contributed by atoms with Crippen LogP contribution in [0, 0.1) is 0 Å². The Morgan fingerprint density at radius 1 is 1.64 bits per heavy atom. The molecule has 3 heteroatoms. The fourth-order valence-electron chi connectivity index (χ4n) is 1.38. The maximum absolute atomic E-state index is 11.2. The van der Waals surface area contributed by atoms with E-state index >= 15 is 0 Å². The van der Waals surface area contributed by atoms with Gasteiger partial charge in [0.1, 0.15) is 5.54 Å². The summed E-state index contributed by atoms with van der Waals surface area (Å²) >= 11 is 0. The Morgan fingerprint density at radius 3 is 2.73 bits per heavy atom. The molecule has 1 fully saturated rings. The summed E-state index contributed by atoms with van der Waals surface area (Å²) in [5.74, 6) is 0.223. The number of carbonyl (C=O) groups excluding carboxylic acids is 1. The maximum Gasteiger partial charge on any atom is 0.157 e. The van der Waals surface area contributed by atoms with E-state index in [1.807, 2.05) is 12.3 Å². The Balaban J connectivity index is 2.36. The number of hydrogen-bond acceptors (Lipinski definition) is 2. The topological polar surface area (TPSA) is 34.9 Å². The van der Waals surface area contributed by atoms with Gasteiger partial charge in [-0.2, -0.15) is 5.10 Å². The quantitative estimate of drug-likeness (QED) is 0.629. The number of carbonyl (C=O) groups is 1. The van der Waals surface area contributed by atoms with Crippen LogP contribution in [-0.2, 0) is 10.3 Å². The van der Waals surface area contributed by atoms with E-state index in [4.69, 9.17) is 0 Å². The molecule has 1 aromatic rings. The molecule has 1 aliphatic rings. The second-order valence-electron chi connectivity index (χ2n) is 3.04. The van der Waals surface area contributed by atoms with Gasteiger partial charge < -0.3 is 0 Å². The van der Waals surface area contributed by atoms with Crippen LogP contribution >= 0.6 is 0 Å². The SMILES string of the molecule is CC(=O)C1(n2cccn2)CC1. The summed E-state index contributed by atoms with van der Waals surface area (Å²) in [6.07, 6.45) is 5.46. The fourth-order valence-corrected chi connectivity index (χ4v) is 1.38. The Morgan fingerprint density at radius 2 is 2.36 bits per heavy atom. The van der Waals surface area contributed by atoms with Crippen LogP contribution in [0.5, 0.6) is 0 Å². The van der Waals surface area contributed by atoms with E-state index in [0.29, 0.717) is 0 Å². The van der Waals surface area contributed by atoms with Gasteiger partial charge in [-0.1, -0.05) is 0 Å². The van der Waals surface area contributed by atoms with Crippen molar-refractivity contribution in [3.05, 3.63) is 18.5 Å². The third kappa shape index (κ3) is 0.803. The molecule has 0 bridgehead atoms. The van der Waals surface area contributed by atoms with Crippen molar-refractivity contribution in [2.45, 2.75) is 25.3 Å². The highest BCUT2D eigenvalue weighted by Gasteiger charge is 2.49. The van der Waals surface area contributed by atoms with E-state index in [1.54, 1.807) is 17.8 Å². The van der Waals surface area contributed by atoms with Crippen molar-refractivity contribution in [2.24, 2.45) is 0 Å². The average molecular weight is 150 g/mol. The number of nitrogens with zero attached hydrogens (tertiary/aromatic N) is 2. The molecular formula is C8H10N2O. The van der Waals surface area contributed by atoms with Crippen molar-refractivity contribution < 1.29 is 4.79 Å². The zero-order chi connectivity index (χ0) is 7.90. The van der Waals surface area contributed by atoms with E-state index in [0.717, 1.165) is 12.8 Å². The minimum Gasteiger partial charge on any atom is -0.297 e. The maximum atomic E-state index is 11.2. The second kappa shape index (κ2) is 1.94. The minimum atomic E-state index is -0.260. The van der Waals surface area contributed by atoms with Crippen LogP contribution in [0.2, 0.25) is 0 Å². The van der Waals surface area contributed by atoms with Gasteiger partial charge in [0.15, 0.2) is 5.78 Å². The summed E-state index contributed by atoms with van der Waals surface area (Å²) in [7, 11) is 0. The lowest BCUT2D eigenvalue weighted by atomic mass is 10.2. The molecule has 2 rings (SSSR count). The molecule has 58 valence electrons. The normalized spacial score (nSPS) is 19.7. The molecule has 1 saturated carbocycles. The molecular weight excluding hydrogens is 140 g/mol. The summed E-state index contributed by atoms with van der Waals surface area (Å²) < 4.78 is 1.77. The van der Waals surface area contributed by atoms with Gasteiger partial charge in [-0.05, 0) is 25.8 Å². The van der Waals surface area contributed by atoms with Crippen LogP contribution in [0.1, 0.15) is 19.8 Å². The fraction of sp³-hybridized carbons (Fsp3) is 0.500. The van der Waals surface area contributed by atoms with Gasteiger partial charge in [-0.15, -0.1) is 0 Å². The Labute approximate surface area is 65.0 Å². The highest BCUT2D eigenvalue weighted by molar-refractivity contribution is 5.86. The molecule has 0 saturated heterocycles. The van der Waals surface area contributed by atoms with Crippen LogP contribution < -0.4 is 0 Å². The third-order valence-electron chi connectivity index (χ3n) is 2.32. The van der Waals surface area contributed by atoms with Gasteiger partial charge in [-0.25, -0.2) is 0 Å². The predicted octanol–water partition coefficient (Wildman–Crippen LogP) is 0.961. The highest BCUT2D eigenvalue weighted by atomic mass is 16.1. The lowest BCUT2D eigenvalue weighted by molar-refractivity contribution is -0.121. The number of aromatic nitrogens is 2. The Hall–Kier alpha value is -1.12. The Kier molecular flexibility index (Phi) is 1.16. The molecule has 0 radical (unpaired) electrons. The standard InChI is InChI=1S/C8H10N2O/c1-7(11)8(3-4-8)10-6-2-5-9-10/h2,5-6H,3-4H2,1H3. The lowest BCUT2D eigenvalue weighted by Gasteiger charge is -2.10. The number of hydrogen-bond donors (Lipinski definition) is 0. The van der Waals surface area contributed by atoms with Crippen LogP contribution in [0.25, 0.3) is 0 Å². The van der Waals surface area contributed by atoms with Gasteiger partial charge in [0.2, 0.25) is 0 Å². The second-order valence-corrected chi connectivity index (χ2v) is 3.04. The average Bonchev–Trinajstić information content (AvgIpc) is 2.61. The molecule has 1 aromatic heterocycles. The molecule has 0 unspecified atom stereocenters. The first kappa shape index (κ1) is 6.58. The van der Waals surface area contributed by atoms with Crippen LogP contribution in [0.15, 0.2) is 18.5 Å². The predicted molar refractivity (Wildman–Crippen MR) is 40.1 cm³/mol. The van der Waals surface area contributed by atoms with E-state index in [9.17, 15) is 4.79 Å². The van der Waals surface area contributed by atoms with Crippen LogP contribution in [0.4, 0.5) is 0 Å². The molecule has 11 heavy (non-hydrogen) atoms. The summed E-state index contributed by atoms with van der Waals surface area (Å²) in [6, 6.07) is 1.85. The van der Waals surface area contributed by atoms with E-state index < -0.39 is 0 Å². The molecule has 0 aromatic carbocycles. The third-order valence-corrected chi connectivity index (χ3v) is 2.32. The lowest BCUT2D eigenvalue weighted by Crippen LogP contribution is -2.25. The smallest absolute Gasteiger partial charge is 0.157 e.